The fraction of sp³-hybridized carbons (Fsp3) is 0.321. The summed E-state index contributed by atoms with van der Waals surface area (Å²) in [6, 6.07) is 12.8. The molecule has 2 aromatic rings. The van der Waals surface area contributed by atoms with Crippen molar-refractivity contribution in [2.75, 3.05) is 19.0 Å². The Kier molecular flexibility index (Phi) is 6.24. The molecule has 2 aliphatic carbocycles. The van der Waals surface area contributed by atoms with E-state index in [-0.39, 0.29) is 29.9 Å². The first-order valence-corrected chi connectivity index (χ1v) is 12.0. The highest BCUT2D eigenvalue weighted by Crippen LogP contribution is 2.48. The van der Waals surface area contributed by atoms with E-state index in [0.29, 0.717) is 24.3 Å². The molecule has 0 bridgehead atoms. The number of benzene rings is 2. The molecule has 180 valence electrons. The Morgan fingerprint density at radius 2 is 1.60 bits per heavy atom. The molecule has 0 aromatic heterocycles. The van der Waals surface area contributed by atoms with Gasteiger partial charge in [0.05, 0.1) is 0 Å². The van der Waals surface area contributed by atoms with Crippen LogP contribution in [0.2, 0.25) is 0 Å². The zero-order valence-electron chi connectivity index (χ0n) is 19.6. The molecule has 0 saturated heterocycles. The SMILES string of the molecule is CN1C2=C(C(=O)CCC2)C(c2cccc(OCC(=O)Nc3ccc(F)cc3)c2)C2=C1CCCC2=O. The zero-order valence-corrected chi connectivity index (χ0v) is 19.6. The van der Waals surface area contributed by atoms with Crippen LogP contribution in [-0.4, -0.2) is 36.0 Å². The van der Waals surface area contributed by atoms with Crippen molar-refractivity contribution >= 4 is 23.2 Å². The van der Waals surface area contributed by atoms with Gasteiger partial charge in [-0.25, -0.2) is 4.39 Å². The van der Waals surface area contributed by atoms with Gasteiger partial charge in [-0.2, -0.15) is 0 Å². The van der Waals surface area contributed by atoms with E-state index in [9.17, 15) is 18.8 Å². The smallest absolute Gasteiger partial charge is 0.262 e. The Balaban J connectivity index is 1.41. The number of halogens is 1. The van der Waals surface area contributed by atoms with Crippen molar-refractivity contribution in [1.82, 2.24) is 4.90 Å². The first-order valence-electron chi connectivity index (χ1n) is 12.0. The second kappa shape index (κ2) is 9.49. The molecule has 1 heterocycles. The highest BCUT2D eigenvalue weighted by atomic mass is 19.1. The summed E-state index contributed by atoms with van der Waals surface area (Å²) in [5, 5.41) is 2.67. The number of nitrogens with one attached hydrogen (secondary N) is 1. The van der Waals surface area contributed by atoms with Crippen molar-refractivity contribution in [3.63, 3.8) is 0 Å². The number of ether oxygens (including phenoxy) is 1. The van der Waals surface area contributed by atoms with Crippen LogP contribution in [0.5, 0.6) is 5.75 Å². The van der Waals surface area contributed by atoms with E-state index in [0.717, 1.165) is 53.8 Å². The first-order chi connectivity index (χ1) is 16.9. The third-order valence-electron chi connectivity index (χ3n) is 6.93. The van der Waals surface area contributed by atoms with Gasteiger partial charge in [0.2, 0.25) is 0 Å². The summed E-state index contributed by atoms with van der Waals surface area (Å²) >= 11 is 0. The molecule has 0 atom stereocenters. The summed E-state index contributed by atoms with van der Waals surface area (Å²) in [6.07, 6.45) is 4.24. The van der Waals surface area contributed by atoms with Crippen LogP contribution in [0.1, 0.15) is 50.0 Å². The predicted molar refractivity (Wildman–Crippen MR) is 129 cm³/mol. The Morgan fingerprint density at radius 3 is 2.23 bits per heavy atom. The van der Waals surface area contributed by atoms with Crippen molar-refractivity contribution in [3.8, 4) is 5.75 Å². The lowest BCUT2D eigenvalue weighted by Gasteiger charge is -2.42. The molecule has 0 fully saturated rings. The summed E-state index contributed by atoms with van der Waals surface area (Å²) in [6.45, 7) is -0.228. The van der Waals surface area contributed by atoms with Gasteiger partial charge >= 0.3 is 0 Å². The van der Waals surface area contributed by atoms with Crippen LogP contribution in [0.4, 0.5) is 10.1 Å². The minimum absolute atomic E-state index is 0.0954. The lowest BCUT2D eigenvalue weighted by molar-refractivity contribution is -0.118. The minimum atomic E-state index is -0.409. The van der Waals surface area contributed by atoms with Gasteiger partial charge < -0.3 is 15.0 Å². The maximum Gasteiger partial charge on any atom is 0.262 e. The fourth-order valence-corrected chi connectivity index (χ4v) is 5.35. The van der Waals surface area contributed by atoms with Crippen LogP contribution < -0.4 is 10.1 Å². The number of rotatable bonds is 5. The average Bonchev–Trinajstić information content (AvgIpc) is 2.86. The Hall–Kier alpha value is -3.74. The number of allylic oxidation sites excluding steroid dienone is 4. The van der Waals surface area contributed by atoms with Gasteiger partial charge in [-0.3, -0.25) is 14.4 Å². The molecule has 0 radical (unpaired) electrons. The molecule has 0 saturated carbocycles. The number of carbonyl (C=O) groups is 3. The second-order valence-corrected chi connectivity index (χ2v) is 9.18. The molecule has 1 amide bonds. The minimum Gasteiger partial charge on any atom is -0.484 e. The molecule has 0 unspecified atom stereocenters. The highest BCUT2D eigenvalue weighted by molar-refractivity contribution is 6.06. The predicted octanol–water partition coefficient (Wildman–Crippen LogP) is 4.89. The number of anilines is 1. The van der Waals surface area contributed by atoms with Crippen LogP contribution in [0.3, 0.4) is 0 Å². The second-order valence-electron chi connectivity index (χ2n) is 9.18. The molecular weight excluding hydrogens is 447 g/mol. The Bertz CT molecular complexity index is 1220. The van der Waals surface area contributed by atoms with Crippen molar-refractivity contribution in [1.29, 1.82) is 0 Å². The molecule has 1 N–H and O–H groups in total. The maximum atomic E-state index is 13.1. The van der Waals surface area contributed by atoms with Gasteiger partial charge in [0, 0.05) is 54.0 Å². The fourth-order valence-electron chi connectivity index (χ4n) is 5.35. The molecule has 1 aliphatic heterocycles. The summed E-state index contributed by atoms with van der Waals surface area (Å²) in [5.74, 6) is -0.494. The maximum absolute atomic E-state index is 13.1. The van der Waals surface area contributed by atoms with Crippen LogP contribution in [0.15, 0.2) is 71.1 Å². The van der Waals surface area contributed by atoms with Crippen molar-refractivity contribution in [2.45, 2.75) is 44.4 Å². The van der Waals surface area contributed by atoms with Crippen molar-refractivity contribution in [3.05, 3.63) is 82.5 Å². The third-order valence-corrected chi connectivity index (χ3v) is 6.93. The van der Waals surface area contributed by atoms with E-state index < -0.39 is 5.92 Å². The molecule has 2 aromatic carbocycles. The normalized spacial score (nSPS) is 18.4. The third kappa shape index (κ3) is 4.50. The van der Waals surface area contributed by atoms with Crippen molar-refractivity contribution in [2.24, 2.45) is 0 Å². The molecule has 3 aliphatic rings. The largest absolute Gasteiger partial charge is 0.484 e. The van der Waals surface area contributed by atoms with E-state index in [2.05, 4.69) is 10.2 Å². The van der Waals surface area contributed by atoms with E-state index in [1.54, 1.807) is 6.07 Å². The van der Waals surface area contributed by atoms with E-state index in [4.69, 9.17) is 4.74 Å². The number of carbonyl (C=O) groups excluding carboxylic acids is 3. The monoisotopic (exact) mass is 474 g/mol. The summed E-state index contributed by atoms with van der Waals surface area (Å²) in [7, 11) is 1.97. The van der Waals surface area contributed by atoms with Gasteiger partial charge in [-0.15, -0.1) is 0 Å². The zero-order chi connectivity index (χ0) is 24.5. The quantitative estimate of drug-likeness (QED) is 0.668. The van der Waals surface area contributed by atoms with Gasteiger partial charge in [-0.05, 0) is 67.6 Å². The average molecular weight is 475 g/mol. The van der Waals surface area contributed by atoms with Crippen LogP contribution in [-0.2, 0) is 14.4 Å². The van der Waals surface area contributed by atoms with Gasteiger partial charge in [0.15, 0.2) is 18.2 Å². The molecule has 5 rings (SSSR count). The van der Waals surface area contributed by atoms with Crippen molar-refractivity contribution < 1.29 is 23.5 Å². The van der Waals surface area contributed by atoms with E-state index >= 15 is 0 Å². The molecular formula is C28H27FN2O4. The van der Waals surface area contributed by atoms with Crippen LogP contribution in [0.25, 0.3) is 0 Å². The summed E-state index contributed by atoms with van der Waals surface area (Å²) in [5.41, 5.74) is 4.78. The molecule has 35 heavy (non-hydrogen) atoms. The molecule has 6 nitrogen and oxygen atoms in total. The van der Waals surface area contributed by atoms with Gasteiger partial charge in [0.25, 0.3) is 5.91 Å². The lowest BCUT2D eigenvalue weighted by atomic mass is 9.71. The number of nitrogens with zero attached hydrogens (tertiary/aromatic N) is 1. The molecule has 0 spiro atoms. The van der Waals surface area contributed by atoms with Crippen LogP contribution >= 0.6 is 0 Å². The Labute approximate surface area is 203 Å². The summed E-state index contributed by atoms with van der Waals surface area (Å²) < 4.78 is 18.8. The highest BCUT2D eigenvalue weighted by Gasteiger charge is 2.42. The topological polar surface area (TPSA) is 75.7 Å². The van der Waals surface area contributed by atoms with Gasteiger partial charge in [-0.1, -0.05) is 12.1 Å². The van der Waals surface area contributed by atoms with Gasteiger partial charge in [0.1, 0.15) is 11.6 Å². The lowest BCUT2D eigenvalue weighted by Crippen LogP contribution is -2.37. The molecule has 7 heteroatoms. The van der Waals surface area contributed by atoms with E-state index in [1.807, 2.05) is 25.2 Å². The number of hydrogen-bond donors (Lipinski definition) is 1. The number of hydrogen-bond acceptors (Lipinski definition) is 5. The summed E-state index contributed by atoms with van der Waals surface area (Å²) in [4.78, 5) is 40.6. The van der Waals surface area contributed by atoms with E-state index in [1.165, 1.54) is 24.3 Å². The van der Waals surface area contributed by atoms with Crippen LogP contribution in [0, 0.1) is 5.82 Å². The number of ketones is 2. The number of amides is 1. The Morgan fingerprint density at radius 1 is 0.971 bits per heavy atom. The number of Topliss-reactive ketones (excluding diaryl/α,β-unsaturated/α-hetero) is 2. The first kappa shape index (κ1) is 23.0. The standard InChI is InChI=1S/C28H27FN2O4/c1-31-21-7-3-9-23(32)27(21)26(28-22(31)8-4-10-24(28)33)17-5-2-6-20(15-17)35-16-25(34)30-19-13-11-18(29)12-14-19/h2,5-6,11-15,26H,3-4,7-10,16H2,1H3,(H,30,34).